The van der Waals surface area contributed by atoms with E-state index in [2.05, 4.69) is 5.32 Å². The van der Waals surface area contributed by atoms with Crippen molar-refractivity contribution in [3.05, 3.63) is 29.3 Å². The Morgan fingerprint density at radius 2 is 1.84 bits per heavy atom. The number of hydrogen-bond acceptors (Lipinski definition) is 3. The summed E-state index contributed by atoms with van der Waals surface area (Å²) in [7, 11) is 3.42. The van der Waals surface area contributed by atoms with Crippen LogP contribution in [-0.2, 0) is 11.3 Å². The molecule has 2 rings (SSSR count). The molecule has 3 nitrogen and oxygen atoms in total. The number of halogens is 2. The van der Waals surface area contributed by atoms with Crippen molar-refractivity contribution in [1.82, 2.24) is 5.32 Å². The van der Waals surface area contributed by atoms with Crippen LogP contribution in [0.5, 0.6) is 0 Å². The first-order valence-electron chi connectivity index (χ1n) is 6.56. The molecule has 1 saturated heterocycles. The molecule has 5 heteroatoms. The minimum absolute atomic E-state index is 0.0920. The maximum Gasteiger partial charge on any atom is 0.149 e. The molecule has 1 aromatic carbocycles. The van der Waals surface area contributed by atoms with Gasteiger partial charge >= 0.3 is 0 Å². The van der Waals surface area contributed by atoms with Gasteiger partial charge in [0.1, 0.15) is 17.3 Å². The monoisotopic (exact) mass is 270 g/mol. The Labute approximate surface area is 112 Å². The van der Waals surface area contributed by atoms with Crippen LogP contribution in [0.3, 0.4) is 0 Å². The first-order chi connectivity index (χ1) is 9.15. The first kappa shape index (κ1) is 14.2. The largest absolute Gasteiger partial charge is 0.381 e. The lowest BCUT2D eigenvalue weighted by atomic mass is 10.1. The van der Waals surface area contributed by atoms with Crippen LogP contribution in [0.25, 0.3) is 0 Å². The molecule has 1 N–H and O–H groups in total. The van der Waals surface area contributed by atoms with Crippen molar-refractivity contribution < 1.29 is 13.5 Å². The third kappa shape index (κ3) is 3.22. The summed E-state index contributed by atoms with van der Waals surface area (Å²) < 4.78 is 33.4. The number of piperidine rings is 1. The van der Waals surface area contributed by atoms with Crippen LogP contribution in [0, 0.1) is 11.6 Å². The van der Waals surface area contributed by atoms with Crippen molar-refractivity contribution in [3.63, 3.8) is 0 Å². The fourth-order valence-electron chi connectivity index (χ4n) is 2.54. The SMILES string of the molecule is CNCc1cc(F)c(N2CCC(OC)CC2)c(F)c1. The standard InChI is InChI=1S/C14H20F2N2O/c1-17-9-10-7-12(15)14(13(16)8-10)18-5-3-11(19-2)4-6-18/h7-8,11,17H,3-6,9H2,1-2H3. The summed E-state index contributed by atoms with van der Waals surface area (Å²) in [5.41, 5.74) is 0.711. The van der Waals surface area contributed by atoms with Gasteiger partial charge in [-0.2, -0.15) is 0 Å². The van der Waals surface area contributed by atoms with Crippen molar-refractivity contribution in [1.29, 1.82) is 0 Å². The molecule has 1 aliphatic rings. The number of ether oxygens (including phenoxy) is 1. The van der Waals surface area contributed by atoms with Crippen LogP contribution in [0.15, 0.2) is 12.1 Å². The van der Waals surface area contributed by atoms with Gasteiger partial charge in [-0.25, -0.2) is 8.78 Å². The highest BCUT2D eigenvalue weighted by molar-refractivity contribution is 5.51. The molecule has 106 valence electrons. The molecule has 1 heterocycles. The molecule has 0 bridgehead atoms. The van der Waals surface area contributed by atoms with Gasteiger partial charge in [0.05, 0.1) is 6.10 Å². The molecule has 19 heavy (non-hydrogen) atoms. The summed E-state index contributed by atoms with van der Waals surface area (Å²) in [5, 5.41) is 2.89. The molecule has 0 aromatic heterocycles. The van der Waals surface area contributed by atoms with Crippen molar-refractivity contribution in [2.45, 2.75) is 25.5 Å². The van der Waals surface area contributed by atoms with Gasteiger partial charge in [0.15, 0.2) is 0 Å². The van der Waals surface area contributed by atoms with Crippen LogP contribution in [0.2, 0.25) is 0 Å². The number of nitrogens with one attached hydrogen (secondary N) is 1. The number of anilines is 1. The number of methoxy groups -OCH3 is 1. The summed E-state index contributed by atoms with van der Waals surface area (Å²) in [6.45, 7) is 1.70. The third-order valence-electron chi connectivity index (χ3n) is 3.55. The second-order valence-electron chi connectivity index (χ2n) is 4.86. The normalized spacial score (nSPS) is 16.9. The van der Waals surface area contributed by atoms with Crippen LogP contribution in [-0.4, -0.2) is 33.4 Å². The Balaban J connectivity index is 2.16. The first-order valence-corrected chi connectivity index (χ1v) is 6.56. The molecule has 0 radical (unpaired) electrons. The number of rotatable bonds is 4. The van der Waals surface area contributed by atoms with Crippen LogP contribution in [0.1, 0.15) is 18.4 Å². The van der Waals surface area contributed by atoms with Gasteiger partial charge in [-0.3, -0.25) is 0 Å². The van der Waals surface area contributed by atoms with Gasteiger partial charge in [-0.1, -0.05) is 0 Å². The van der Waals surface area contributed by atoms with E-state index in [1.807, 2.05) is 0 Å². The quantitative estimate of drug-likeness (QED) is 0.908. The summed E-state index contributed by atoms with van der Waals surface area (Å²) in [4.78, 5) is 1.77. The minimum atomic E-state index is -0.485. The Kier molecular flexibility index (Phi) is 4.71. The predicted octanol–water partition coefficient (Wildman–Crippen LogP) is 2.30. The van der Waals surface area contributed by atoms with E-state index in [1.165, 1.54) is 12.1 Å². The molecule has 0 spiro atoms. The average Bonchev–Trinajstić information content (AvgIpc) is 2.39. The highest BCUT2D eigenvalue weighted by Crippen LogP contribution is 2.28. The second-order valence-corrected chi connectivity index (χ2v) is 4.86. The average molecular weight is 270 g/mol. The highest BCUT2D eigenvalue weighted by atomic mass is 19.1. The molecular weight excluding hydrogens is 250 g/mol. The fraction of sp³-hybridized carbons (Fsp3) is 0.571. The lowest BCUT2D eigenvalue weighted by Crippen LogP contribution is -2.37. The van der Waals surface area contributed by atoms with E-state index in [-0.39, 0.29) is 11.8 Å². The van der Waals surface area contributed by atoms with Gasteiger partial charge in [0.2, 0.25) is 0 Å². The van der Waals surface area contributed by atoms with E-state index < -0.39 is 11.6 Å². The van der Waals surface area contributed by atoms with Crippen molar-refractivity contribution in [2.24, 2.45) is 0 Å². The maximum absolute atomic E-state index is 14.1. The van der Waals surface area contributed by atoms with Crippen molar-refractivity contribution in [2.75, 3.05) is 32.1 Å². The van der Waals surface area contributed by atoms with E-state index in [1.54, 1.807) is 19.1 Å². The number of hydrogen-bond donors (Lipinski definition) is 1. The molecule has 1 fully saturated rings. The second kappa shape index (κ2) is 6.30. The van der Waals surface area contributed by atoms with E-state index in [0.29, 0.717) is 25.2 Å². The zero-order valence-corrected chi connectivity index (χ0v) is 11.4. The van der Waals surface area contributed by atoms with Gasteiger partial charge in [-0.05, 0) is 37.6 Å². The van der Waals surface area contributed by atoms with Crippen molar-refractivity contribution in [3.8, 4) is 0 Å². The van der Waals surface area contributed by atoms with Gasteiger partial charge in [0.25, 0.3) is 0 Å². The van der Waals surface area contributed by atoms with E-state index in [9.17, 15) is 8.78 Å². The predicted molar refractivity (Wildman–Crippen MR) is 71.4 cm³/mol. The van der Waals surface area contributed by atoms with Gasteiger partial charge < -0.3 is 15.0 Å². The topological polar surface area (TPSA) is 24.5 Å². The van der Waals surface area contributed by atoms with Crippen LogP contribution < -0.4 is 10.2 Å². The van der Waals surface area contributed by atoms with Crippen LogP contribution >= 0.6 is 0 Å². The van der Waals surface area contributed by atoms with Crippen molar-refractivity contribution >= 4 is 5.69 Å². The number of benzene rings is 1. The molecule has 0 saturated carbocycles. The van der Waals surface area contributed by atoms with E-state index >= 15 is 0 Å². The van der Waals surface area contributed by atoms with E-state index in [0.717, 1.165) is 12.8 Å². The molecule has 0 atom stereocenters. The van der Waals surface area contributed by atoms with E-state index in [4.69, 9.17) is 4.74 Å². The molecule has 0 aliphatic carbocycles. The third-order valence-corrected chi connectivity index (χ3v) is 3.55. The molecule has 0 amide bonds. The molecular formula is C14H20F2N2O. The summed E-state index contributed by atoms with van der Waals surface area (Å²) in [5.74, 6) is -0.970. The zero-order chi connectivity index (χ0) is 13.8. The highest BCUT2D eigenvalue weighted by Gasteiger charge is 2.23. The lowest BCUT2D eigenvalue weighted by Gasteiger charge is -2.33. The molecule has 1 aliphatic heterocycles. The number of nitrogens with zero attached hydrogens (tertiary/aromatic N) is 1. The van der Waals surface area contributed by atoms with Crippen LogP contribution in [0.4, 0.5) is 14.5 Å². The van der Waals surface area contributed by atoms with Gasteiger partial charge in [0, 0.05) is 26.7 Å². The maximum atomic E-state index is 14.1. The smallest absolute Gasteiger partial charge is 0.149 e. The molecule has 0 unspecified atom stereocenters. The summed E-state index contributed by atoms with van der Waals surface area (Å²) in [6.07, 6.45) is 1.80. The molecule has 1 aromatic rings. The Hall–Kier alpha value is -1.20. The zero-order valence-electron chi connectivity index (χ0n) is 11.4. The lowest BCUT2D eigenvalue weighted by molar-refractivity contribution is 0.0817. The fourth-order valence-corrected chi connectivity index (χ4v) is 2.54. The Bertz CT molecular complexity index is 408. The Morgan fingerprint density at radius 1 is 1.26 bits per heavy atom. The minimum Gasteiger partial charge on any atom is -0.381 e. The van der Waals surface area contributed by atoms with Gasteiger partial charge in [-0.15, -0.1) is 0 Å². The summed E-state index contributed by atoms with van der Waals surface area (Å²) in [6, 6.07) is 2.80. The Morgan fingerprint density at radius 3 is 2.32 bits per heavy atom. The summed E-state index contributed by atoms with van der Waals surface area (Å²) >= 11 is 0.